The molecule has 0 saturated heterocycles. The van der Waals surface area contributed by atoms with Gasteiger partial charge in [-0.25, -0.2) is 9.59 Å². The molecule has 276 valence electrons. The van der Waals surface area contributed by atoms with E-state index in [0.717, 1.165) is 50.9 Å². The van der Waals surface area contributed by atoms with Crippen molar-refractivity contribution in [1.29, 1.82) is 0 Å². The van der Waals surface area contributed by atoms with Gasteiger partial charge in [-0.15, -0.1) is 5.92 Å². The van der Waals surface area contributed by atoms with E-state index in [1.165, 1.54) is 32.8 Å². The van der Waals surface area contributed by atoms with Crippen LogP contribution in [0.4, 0.5) is 0 Å². The maximum atomic E-state index is 13.9. The molecular formula is C40H63NO8. The monoisotopic (exact) mass is 685 g/mol. The van der Waals surface area contributed by atoms with Crippen LogP contribution in [0.5, 0.6) is 5.75 Å². The summed E-state index contributed by atoms with van der Waals surface area (Å²) in [6.07, 6.45) is 14.7. The Bertz CT molecular complexity index is 1180. The summed E-state index contributed by atoms with van der Waals surface area (Å²) in [6, 6.07) is 6.06. The SMILES string of the molecule is CC#CCOc1ccc(C[C@H](NC(=O)[C@@H](C=CCCCCCCOCCCCCCC)[C@@](O)(CCC)C(=O)OC(C)(C)C)C(=O)OC)cc1. The van der Waals surface area contributed by atoms with Gasteiger partial charge in [-0.3, -0.25) is 4.79 Å². The van der Waals surface area contributed by atoms with E-state index in [2.05, 4.69) is 24.1 Å². The number of ether oxygens (including phenoxy) is 4. The molecule has 0 radical (unpaired) electrons. The highest BCUT2D eigenvalue weighted by atomic mass is 16.6. The standard InChI is InChI=1S/C40H63NO8/c1-8-11-13-17-20-28-47-29-21-18-15-14-16-19-22-34(40(45,27-10-3)38(44)49-39(4,5)6)36(42)41-35(37(43)46-7)31-32-23-25-33(26-24-32)48-30-12-9-2/h19,22-26,34-35,45H,8,10-11,13-18,20-21,27-31H2,1-7H3,(H,41,42)/t34-,35+,40+/m1/s1. The van der Waals surface area contributed by atoms with Gasteiger partial charge in [0.25, 0.3) is 0 Å². The molecule has 0 aliphatic heterocycles. The van der Waals surface area contributed by atoms with Gasteiger partial charge >= 0.3 is 11.9 Å². The van der Waals surface area contributed by atoms with Gasteiger partial charge in [-0.2, -0.15) is 0 Å². The predicted octanol–water partition coefficient (Wildman–Crippen LogP) is 7.27. The number of amides is 1. The van der Waals surface area contributed by atoms with Crippen LogP contribution >= 0.6 is 0 Å². The lowest BCUT2D eigenvalue weighted by Crippen LogP contribution is -2.56. The summed E-state index contributed by atoms with van der Waals surface area (Å²) in [7, 11) is 1.25. The largest absolute Gasteiger partial charge is 0.481 e. The molecule has 0 aliphatic carbocycles. The number of carbonyl (C=O) groups excluding carboxylic acids is 3. The fourth-order valence-electron chi connectivity index (χ4n) is 5.30. The molecular weight excluding hydrogens is 622 g/mol. The number of methoxy groups -OCH3 is 1. The zero-order valence-corrected chi connectivity index (χ0v) is 31.2. The maximum Gasteiger partial charge on any atom is 0.339 e. The van der Waals surface area contributed by atoms with E-state index in [1.807, 2.05) is 13.0 Å². The number of hydrogen-bond acceptors (Lipinski definition) is 8. The number of aliphatic hydroxyl groups is 1. The van der Waals surface area contributed by atoms with Crippen molar-refractivity contribution in [2.75, 3.05) is 26.9 Å². The smallest absolute Gasteiger partial charge is 0.339 e. The Morgan fingerprint density at radius 3 is 2.12 bits per heavy atom. The number of nitrogens with one attached hydrogen (secondary N) is 1. The quantitative estimate of drug-likeness (QED) is 0.0477. The van der Waals surface area contributed by atoms with Gasteiger partial charge in [0.15, 0.2) is 5.60 Å². The van der Waals surface area contributed by atoms with Crippen molar-refractivity contribution in [3.8, 4) is 17.6 Å². The van der Waals surface area contributed by atoms with Crippen LogP contribution in [0, 0.1) is 17.8 Å². The number of rotatable bonds is 25. The number of esters is 2. The molecule has 49 heavy (non-hydrogen) atoms. The van der Waals surface area contributed by atoms with Crippen molar-refractivity contribution in [3.05, 3.63) is 42.0 Å². The third-order valence-electron chi connectivity index (χ3n) is 7.96. The van der Waals surface area contributed by atoms with E-state index < -0.39 is 41.0 Å². The average Bonchev–Trinajstić information content (AvgIpc) is 3.06. The van der Waals surface area contributed by atoms with Crippen LogP contribution in [0.3, 0.4) is 0 Å². The third-order valence-corrected chi connectivity index (χ3v) is 7.96. The van der Waals surface area contributed by atoms with Crippen LogP contribution in [0.25, 0.3) is 0 Å². The number of allylic oxidation sites excluding steroid dienone is 1. The molecule has 0 unspecified atom stereocenters. The predicted molar refractivity (Wildman–Crippen MR) is 194 cm³/mol. The Morgan fingerprint density at radius 2 is 1.55 bits per heavy atom. The van der Waals surface area contributed by atoms with Gasteiger partial charge in [0.1, 0.15) is 24.0 Å². The molecule has 0 saturated carbocycles. The summed E-state index contributed by atoms with van der Waals surface area (Å²) in [5, 5.41) is 14.6. The summed E-state index contributed by atoms with van der Waals surface area (Å²) in [4.78, 5) is 40.2. The topological polar surface area (TPSA) is 120 Å². The Hall–Kier alpha value is -3.35. The summed E-state index contributed by atoms with van der Waals surface area (Å²) in [5.74, 6) is 2.74. The van der Waals surface area contributed by atoms with Gasteiger partial charge in [0, 0.05) is 19.6 Å². The van der Waals surface area contributed by atoms with Crippen molar-refractivity contribution in [1.82, 2.24) is 5.32 Å². The van der Waals surface area contributed by atoms with Crippen LogP contribution in [0.1, 0.15) is 124 Å². The Balaban J connectivity index is 3.00. The van der Waals surface area contributed by atoms with Crippen LogP contribution in [-0.4, -0.2) is 67.1 Å². The first-order valence-corrected chi connectivity index (χ1v) is 18.1. The summed E-state index contributed by atoms with van der Waals surface area (Å²) in [5.41, 5.74) is -2.27. The van der Waals surface area contributed by atoms with Crippen molar-refractivity contribution in [2.24, 2.45) is 5.92 Å². The minimum absolute atomic E-state index is 0.00426. The first-order valence-electron chi connectivity index (χ1n) is 18.1. The van der Waals surface area contributed by atoms with Crippen LogP contribution in [-0.2, 0) is 35.0 Å². The molecule has 2 N–H and O–H groups in total. The molecule has 0 aliphatic rings. The van der Waals surface area contributed by atoms with E-state index in [1.54, 1.807) is 58.0 Å². The minimum Gasteiger partial charge on any atom is -0.481 e. The second-order valence-corrected chi connectivity index (χ2v) is 13.5. The minimum atomic E-state index is -2.14. The number of carbonyl (C=O) groups is 3. The van der Waals surface area contributed by atoms with E-state index in [4.69, 9.17) is 18.9 Å². The second-order valence-electron chi connectivity index (χ2n) is 13.5. The average molecular weight is 686 g/mol. The molecule has 0 spiro atoms. The van der Waals surface area contributed by atoms with Gasteiger partial charge in [0.2, 0.25) is 5.91 Å². The highest BCUT2D eigenvalue weighted by Gasteiger charge is 2.49. The molecule has 0 aromatic heterocycles. The van der Waals surface area contributed by atoms with E-state index in [0.29, 0.717) is 18.6 Å². The Labute approximate surface area is 295 Å². The lowest BCUT2D eigenvalue weighted by molar-refractivity contribution is -0.184. The number of hydrogen-bond donors (Lipinski definition) is 2. The van der Waals surface area contributed by atoms with E-state index in [-0.39, 0.29) is 19.4 Å². The molecule has 1 amide bonds. The van der Waals surface area contributed by atoms with Gasteiger partial charge < -0.3 is 29.4 Å². The highest BCUT2D eigenvalue weighted by molar-refractivity contribution is 5.93. The van der Waals surface area contributed by atoms with E-state index >= 15 is 0 Å². The summed E-state index contributed by atoms with van der Waals surface area (Å²) >= 11 is 0. The maximum absolute atomic E-state index is 13.9. The molecule has 1 rings (SSSR count). The fourth-order valence-corrected chi connectivity index (χ4v) is 5.30. The van der Waals surface area contributed by atoms with E-state index in [9.17, 15) is 19.5 Å². The Morgan fingerprint density at radius 1 is 0.918 bits per heavy atom. The van der Waals surface area contributed by atoms with Crippen LogP contribution < -0.4 is 10.1 Å². The van der Waals surface area contributed by atoms with Crippen molar-refractivity contribution in [2.45, 2.75) is 142 Å². The van der Waals surface area contributed by atoms with Crippen molar-refractivity contribution >= 4 is 17.8 Å². The molecule has 0 bridgehead atoms. The molecule has 1 aromatic rings. The first kappa shape index (κ1) is 43.7. The van der Waals surface area contributed by atoms with Gasteiger partial charge in [-0.05, 0) is 77.5 Å². The Kier molecular flexibility index (Phi) is 22.0. The fraction of sp³-hybridized carbons (Fsp3) is 0.675. The normalized spacial score (nSPS) is 13.9. The van der Waals surface area contributed by atoms with Crippen LogP contribution in [0.2, 0.25) is 0 Å². The number of benzene rings is 1. The van der Waals surface area contributed by atoms with Gasteiger partial charge in [-0.1, -0.05) is 89.0 Å². The number of unbranched alkanes of at least 4 members (excludes halogenated alkanes) is 8. The molecule has 9 nitrogen and oxygen atoms in total. The molecule has 0 heterocycles. The van der Waals surface area contributed by atoms with Gasteiger partial charge in [0.05, 0.1) is 13.0 Å². The summed E-state index contributed by atoms with van der Waals surface area (Å²) in [6.45, 7) is 12.7. The highest BCUT2D eigenvalue weighted by Crippen LogP contribution is 2.30. The first-order chi connectivity index (χ1) is 23.4. The van der Waals surface area contributed by atoms with Crippen molar-refractivity contribution < 1.29 is 38.4 Å². The second kappa shape index (κ2) is 24.7. The lowest BCUT2D eigenvalue weighted by Gasteiger charge is -2.34. The third kappa shape index (κ3) is 18.3. The lowest BCUT2D eigenvalue weighted by atomic mass is 9.81. The molecule has 9 heteroatoms. The zero-order valence-electron chi connectivity index (χ0n) is 31.2. The molecule has 0 fully saturated rings. The van der Waals surface area contributed by atoms with Crippen LogP contribution in [0.15, 0.2) is 36.4 Å². The zero-order chi connectivity index (χ0) is 36.5. The summed E-state index contributed by atoms with van der Waals surface area (Å²) < 4.78 is 21.9. The molecule has 1 aromatic carbocycles. The van der Waals surface area contributed by atoms with Crippen molar-refractivity contribution in [3.63, 3.8) is 0 Å². The molecule has 3 atom stereocenters.